The van der Waals surface area contributed by atoms with E-state index in [1.165, 1.54) is 0 Å². The topological polar surface area (TPSA) is 65.4 Å². The number of aryl methyl sites for hydroxylation is 3. The summed E-state index contributed by atoms with van der Waals surface area (Å²) in [6.07, 6.45) is 3.60. The minimum absolute atomic E-state index is 0.389. The quantitative estimate of drug-likeness (QED) is 0.870. The molecule has 0 aliphatic heterocycles. The van der Waals surface area contributed by atoms with Crippen molar-refractivity contribution in [1.82, 2.24) is 9.66 Å². The van der Waals surface area contributed by atoms with Crippen LogP contribution in [0.1, 0.15) is 29.3 Å². The summed E-state index contributed by atoms with van der Waals surface area (Å²) in [5.41, 5.74) is 9.92. The summed E-state index contributed by atoms with van der Waals surface area (Å²) < 4.78 is 7.10. The van der Waals surface area contributed by atoms with Crippen LogP contribution < -0.4 is 10.5 Å². The van der Waals surface area contributed by atoms with Crippen LogP contribution in [0.4, 0.5) is 5.95 Å². The molecule has 0 unspecified atom stereocenters. The maximum Gasteiger partial charge on any atom is 0.221 e. The highest BCUT2D eigenvalue weighted by atomic mass is 16.5. The number of hydrogen-bond donors (Lipinski definition) is 1. The molecule has 5 nitrogen and oxygen atoms in total. The van der Waals surface area contributed by atoms with E-state index in [0.29, 0.717) is 12.6 Å². The highest BCUT2D eigenvalue weighted by molar-refractivity contribution is 5.84. The Labute approximate surface area is 119 Å². The van der Waals surface area contributed by atoms with Crippen LogP contribution in [0.2, 0.25) is 0 Å². The number of nitrogens with two attached hydrogens (primary N) is 1. The third-order valence-electron chi connectivity index (χ3n) is 3.02. The van der Waals surface area contributed by atoms with Gasteiger partial charge in [0.05, 0.1) is 24.7 Å². The first-order valence-electron chi connectivity index (χ1n) is 6.61. The molecule has 0 atom stereocenters. The highest BCUT2D eigenvalue weighted by Crippen LogP contribution is 2.20. The van der Waals surface area contributed by atoms with Crippen LogP contribution >= 0.6 is 0 Å². The summed E-state index contributed by atoms with van der Waals surface area (Å²) in [4.78, 5) is 4.11. The molecule has 2 N–H and O–H groups in total. The van der Waals surface area contributed by atoms with Gasteiger partial charge in [0, 0.05) is 5.56 Å². The number of nitrogen functional groups attached to an aromatic ring is 1. The van der Waals surface area contributed by atoms with Crippen molar-refractivity contribution in [3.63, 3.8) is 0 Å². The number of ether oxygens (including phenoxy) is 1. The number of imidazole rings is 1. The van der Waals surface area contributed by atoms with Crippen molar-refractivity contribution in [2.24, 2.45) is 5.10 Å². The minimum Gasteiger partial charge on any atom is -0.494 e. The van der Waals surface area contributed by atoms with E-state index in [9.17, 15) is 0 Å². The van der Waals surface area contributed by atoms with Crippen molar-refractivity contribution in [1.29, 1.82) is 0 Å². The van der Waals surface area contributed by atoms with Gasteiger partial charge in [0.25, 0.3) is 0 Å². The molecule has 1 heterocycles. The molecule has 0 saturated heterocycles. The summed E-state index contributed by atoms with van der Waals surface area (Å²) in [5, 5.41) is 4.36. The van der Waals surface area contributed by atoms with Crippen molar-refractivity contribution < 1.29 is 4.74 Å². The molecule has 0 amide bonds. The van der Waals surface area contributed by atoms with E-state index in [4.69, 9.17) is 10.5 Å². The fourth-order valence-electron chi connectivity index (χ4n) is 2.10. The molecule has 0 aliphatic rings. The fraction of sp³-hybridized carbons (Fsp3) is 0.333. The van der Waals surface area contributed by atoms with Gasteiger partial charge in [0.2, 0.25) is 5.95 Å². The van der Waals surface area contributed by atoms with Crippen molar-refractivity contribution in [3.8, 4) is 5.75 Å². The molecule has 5 heteroatoms. The smallest absolute Gasteiger partial charge is 0.221 e. The number of benzene rings is 1. The molecule has 0 radical (unpaired) electrons. The molecule has 2 rings (SSSR count). The molecule has 1 aromatic heterocycles. The number of nitrogens with zero attached hydrogens (tertiary/aromatic N) is 3. The van der Waals surface area contributed by atoms with Crippen LogP contribution in [0.15, 0.2) is 23.4 Å². The molecule has 0 saturated carbocycles. The van der Waals surface area contributed by atoms with E-state index >= 15 is 0 Å². The first-order valence-corrected chi connectivity index (χ1v) is 6.61. The molecular formula is C15H20N4O. The number of hydrogen-bond acceptors (Lipinski definition) is 4. The lowest BCUT2D eigenvalue weighted by Gasteiger charge is -2.09. The number of aromatic nitrogens is 2. The van der Waals surface area contributed by atoms with Crippen LogP contribution in [-0.2, 0) is 0 Å². The zero-order valence-electron chi connectivity index (χ0n) is 12.3. The Morgan fingerprint density at radius 2 is 1.95 bits per heavy atom. The Kier molecular flexibility index (Phi) is 4.08. The summed E-state index contributed by atoms with van der Waals surface area (Å²) in [6, 6.07) is 4.03. The average Bonchev–Trinajstić information content (AvgIpc) is 2.67. The van der Waals surface area contributed by atoms with Crippen LogP contribution in [0.3, 0.4) is 0 Å². The molecule has 20 heavy (non-hydrogen) atoms. The maximum atomic E-state index is 5.76. The third-order valence-corrected chi connectivity index (χ3v) is 3.02. The zero-order chi connectivity index (χ0) is 14.7. The van der Waals surface area contributed by atoms with Gasteiger partial charge in [0.15, 0.2) is 0 Å². The zero-order valence-corrected chi connectivity index (χ0v) is 12.3. The molecule has 0 fully saturated rings. The van der Waals surface area contributed by atoms with Crippen LogP contribution in [0.5, 0.6) is 5.75 Å². The second-order valence-electron chi connectivity index (χ2n) is 4.73. The van der Waals surface area contributed by atoms with E-state index in [1.54, 1.807) is 17.1 Å². The fourth-order valence-corrected chi connectivity index (χ4v) is 2.10. The summed E-state index contributed by atoms with van der Waals surface area (Å²) in [6.45, 7) is 8.61. The second-order valence-corrected chi connectivity index (χ2v) is 4.73. The normalized spacial score (nSPS) is 11.2. The molecule has 1 aromatic carbocycles. The van der Waals surface area contributed by atoms with Gasteiger partial charge in [-0.25, -0.2) is 9.66 Å². The van der Waals surface area contributed by atoms with E-state index < -0.39 is 0 Å². The lowest BCUT2D eigenvalue weighted by Crippen LogP contribution is -2.00. The molecule has 0 aliphatic carbocycles. The van der Waals surface area contributed by atoms with Crippen molar-refractivity contribution in [3.05, 3.63) is 40.7 Å². The molecule has 0 spiro atoms. The van der Waals surface area contributed by atoms with Gasteiger partial charge in [-0.1, -0.05) is 0 Å². The van der Waals surface area contributed by atoms with Crippen molar-refractivity contribution in [2.45, 2.75) is 27.7 Å². The van der Waals surface area contributed by atoms with E-state index in [2.05, 4.69) is 10.1 Å². The van der Waals surface area contributed by atoms with Gasteiger partial charge in [0.1, 0.15) is 5.75 Å². The SMILES string of the molecule is CCOc1cc(C)c(C=Nn2cc(C)nc2N)c(C)c1. The predicted octanol–water partition coefficient (Wildman–Crippen LogP) is 2.67. The van der Waals surface area contributed by atoms with Gasteiger partial charge in [-0.2, -0.15) is 5.10 Å². The summed E-state index contributed by atoms with van der Waals surface area (Å²) >= 11 is 0. The standard InChI is InChI=1S/C15H20N4O/c1-5-20-13-6-10(2)14(11(3)7-13)8-17-19-9-12(4)18-15(19)16/h6-9H,5H2,1-4H3,(H2,16,18). The lowest BCUT2D eigenvalue weighted by molar-refractivity contribution is 0.340. The highest BCUT2D eigenvalue weighted by Gasteiger charge is 2.05. The Hall–Kier alpha value is -2.30. The number of rotatable bonds is 4. The second kappa shape index (κ2) is 5.77. The van der Waals surface area contributed by atoms with Gasteiger partial charge in [-0.15, -0.1) is 0 Å². The van der Waals surface area contributed by atoms with Gasteiger partial charge < -0.3 is 10.5 Å². The summed E-state index contributed by atoms with van der Waals surface area (Å²) in [7, 11) is 0. The third kappa shape index (κ3) is 2.99. The number of anilines is 1. The maximum absolute atomic E-state index is 5.76. The molecule has 106 valence electrons. The van der Waals surface area contributed by atoms with E-state index in [0.717, 1.165) is 28.1 Å². The first-order chi connectivity index (χ1) is 9.51. The van der Waals surface area contributed by atoms with Crippen LogP contribution in [0.25, 0.3) is 0 Å². The molecule has 2 aromatic rings. The minimum atomic E-state index is 0.389. The van der Waals surface area contributed by atoms with Gasteiger partial charge >= 0.3 is 0 Å². The Morgan fingerprint density at radius 1 is 1.30 bits per heavy atom. The van der Waals surface area contributed by atoms with Crippen LogP contribution in [-0.4, -0.2) is 22.5 Å². The average molecular weight is 272 g/mol. The van der Waals surface area contributed by atoms with Crippen molar-refractivity contribution >= 4 is 12.2 Å². The molecule has 0 bridgehead atoms. The predicted molar refractivity (Wildman–Crippen MR) is 81.5 cm³/mol. The van der Waals surface area contributed by atoms with Crippen molar-refractivity contribution in [2.75, 3.05) is 12.3 Å². The monoisotopic (exact) mass is 272 g/mol. The largest absolute Gasteiger partial charge is 0.494 e. The summed E-state index contributed by atoms with van der Waals surface area (Å²) in [5.74, 6) is 1.28. The Morgan fingerprint density at radius 3 is 2.45 bits per heavy atom. The van der Waals surface area contributed by atoms with Gasteiger partial charge in [-0.05, 0) is 51.0 Å². The van der Waals surface area contributed by atoms with Gasteiger partial charge in [-0.3, -0.25) is 0 Å². The van der Waals surface area contributed by atoms with E-state index in [1.807, 2.05) is 39.8 Å². The lowest BCUT2D eigenvalue weighted by atomic mass is 10.0. The molecular weight excluding hydrogens is 252 g/mol. The Balaban J connectivity index is 2.32. The van der Waals surface area contributed by atoms with E-state index in [-0.39, 0.29) is 0 Å². The first kappa shape index (κ1) is 14.1. The Bertz CT molecular complexity index is 620. The van der Waals surface area contributed by atoms with Crippen LogP contribution in [0, 0.1) is 20.8 Å².